The van der Waals surface area contributed by atoms with Gasteiger partial charge in [0, 0.05) is 10.9 Å². The predicted octanol–water partition coefficient (Wildman–Crippen LogP) is 6.97. The van der Waals surface area contributed by atoms with E-state index in [1.807, 2.05) is 12.1 Å². The van der Waals surface area contributed by atoms with Crippen LogP contribution in [0.3, 0.4) is 0 Å². The highest BCUT2D eigenvalue weighted by molar-refractivity contribution is 7.67. The van der Waals surface area contributed by atoms with Crippen LogP contribution in [0.25, 0.3) is 21.9 Å². The van der Waals surface area contributed by atoms with Gasteiger partial charge in [0.05, 0.1) is 5.44 Å². The largest absolute Gasteiger partial charge is 0.321 e. The average molecular weight is 418 g/mol. The topological polar surface area (TPSA) is 32.9 Å². The summed E-state index contributed by atoms with van der Waals surface area (Å²) < 4.78 is 0. The van der Waals surface area contributed by atoms with E-state index >= 15 is 0 Å². The summed E-state index contributed by atoms with van der Waals surface area (Å²) in [5.74, 6) is 0. The zero-order chi connectivity index (χ0) is 20.3. The summed E-state index contributed by atoms with van der Waals surface area (Å²) in [6, 6.07) is 19.0. The van der Waals surface area contributed by atoms with Crippen molar-refractivity contribution in [3.8, 4) is 11.1 Å². The third kappa shape index (κ3) is 3.87. The molecule has 1 aromatic heterocycles. The summed E-state index contributed by atoms with van der Waals surface area (Å²) in [7, 11) is -0.381. The Kier molecular flexibility index (Phi) is 6.05. The number of fused-ring (bicyclic) bond motifs is 1. The van der Waals surface area contributed by atoms with Gasteiger partial charge in [0.15, 0.2) is 0 Å². The smallest absolute Gasteiger partial charge is 0.256 e. The molecule has 0 amide bonds. The Morgan fingerprint density at radius 2 is 1.20 bits per heavy atom. The molecule has 0 atom stereocenters. The van der Waals surface area contributed by atoms with Crippen LogP contribution < -0.4 is 11.0 Å². The van der Waals surface area contributed by atoms with E-state index in [-0.39, 0.29) is 13.5 Å². The minimum absolute atomic E-state index is 0.0967. The monoisotopic (exact) mass is 417 g/mol. The second kappa shape index (κ2) is 9.06. The molecule has 2 aromatic carbocycles. The SMILES string of the molecule is O=c1[nH]c(P(C2CCCCC2)C2CCCCC2)c(-c2ccccc2)c2ccccc12. The molecule has 30 heavy (non-hydrogen) atoms. The van der Waals surface area contributed by atoms with E-state index in [1.165, 1.54) is 80.8 Å². The maximum absolute atomic E-state index is 13.2. The van der Waals surface area contributed by atoms with Gasteiger partial charge in [0.25, 0.3) is 5.56 Å². The van der Waals surface area contributed by atoms with Crippen LogP contribution in [0.15, 0.2) is 59.4 Å². The minimum atomic E-state index is -0.381. The van der Waals surface area contributed by atoms with E-state index in [9.17, 15) is 4.79 Å². The summed E-state index contributed by atoms with van der Waals surface area (Å²) in [4.78, 5) is 16.7. The molecule has 3 heteroatoms. The van der Waals surface area contributed by atoms with Crippen LogP contribution in [-0.4, -0.2) is 16.3 Å². The molecule has 3 aromatic rings. The first-order chi connectivity index (χ1) is 14.8. The number of aromatic amines is 1. The number of H-pyrrole nitrogens is 1. The fourth-order valence-electron chi connectivity index (χ4n) is 5.74. The van der Waals surface area contributed by atoms with Crippen molar-refractivity contribution in [1.29, 1.82) is 0 Å². The second-order valence-electron chi connectivity index (χ2n) is 9.08. The highest BCUT2D eigenvalue weighted by Gasteiger charge is 2.35. The van der Waals surface area contributed by atoms with Crippen LogP contribution in [-0.2, 0) is 0 Å². The number of hydrogen-bond donors (Lipinski definition) is 1. The fraction of sp³-hybridized carbons (Fsp3) is 0.444. The van der Waals surface area contributed by atoms with Crippen molar-refractivity contribution in [1.82, 2.24) is 4.98 Å². The Balaban J connectivity index is 1.74. The van der Waals surface area contributed by atoms with Crippen molar-refractivity contribution in [3.63, 3.8) is 0 Å². The Bertz CT molecular complexity index is 1030. The highest BCUT2D eigenvalue weighted by atomic mass is 31.1. The summed E-state index contributed by atoms with van der Waals surface area (Å²) >= 11 is 0. The molecule has 0 spiro atoms. The molecule has 2 aliphatic rings. The molecular formula is C27H32NOP. The number of pyridine rings is 1. The van der Waals surface area contributed by atoms with Gasteiger partial charge in [0.1, 0.15) is 0 Å². The fourth-order valence-corrected chi connectivity index (χ4v) is 9.64. The third-order valence-electron chi connectivity index (χ3n) is 7.17. The molecule has 2 nitrogen and oxygen atoms in total. The highest BCUT2D eigenvalue weighted by Crippen LogP contribution is 2.56. The normalized spacial score (nSPS) is 18.8. The second-order valence-corrected chi connectivity index (χ2v) is 11.8. The van der Waals surface area contributed by atoms with Crippen molar-refractivity contribution in [2.75, 3.05) is 0 Å². The van der Waals surface area contributed by atoms with Crippen molar-refractivity contribution >= 4 is 24.1 Å². The number of aromatic nitrogens is 1. The average Bonchev–Trinajstić information content (AvgIpc) is 2.82. The molecule has 5 rings (SSSR count). The van der Waals surface area contributed by atoms with Gasteiger partial charge < -0.3 is 4.98 Å². The van der Waals surface area contributed by atoms with E-state index in [0.29, 0.717) is 0 Å². The summed E-state index contributed by atoms with van der Waals surface area (Å²) in [6.07, 6.45) is 13.5. The Morgan fingerprint density at radius 3 is 1.80 bits per heavy atom. The van der Waals surface area contributed by atoms with Crippen LogP contribution in [0, 0.1) is 0 Å². The Labute approximate surface area is 180 Å². The lowest BCUT2D eigenvalue weighted by Crippen LogP contribution is -2.31. The molecule has 0 unspecified atom stereocenters. The van der Waals surface area contributed by atoms with Gasteiger partial charge in [0.2, 0.25) is 0 Å². The lowest BCUT2D eigenvalue weighted by molar-refractivity contribution is 0.486. The van der Waals surface area contributed by atoms with Crippen molar-refractivity contribution in [2.24, 2.45) is 0 Å². The van der Waals surface area contributed by atoms with Crippen LogP contribution >= 0.6 is 7.92 Å². The summed E-state index contributed by atoms with van der Waals surface area (Å²) in [5, 5.41) is 1.95. The van der Waals surface area contributed by atoms with Crippen LogP contribution in [0.4, 0.5) is 0 Å². The number of nitrogens with one attached hydrogen (secondary N) is 1. The minimum Gasteiger partial charge on any atom is -0.321 e. The van der Waals surface area contributed by atoms with Gasteiger partial charge in [-0.15, -0.1) is 0 Å². The van der Waals surface area contributed by atoms with Crippen LogP contribution in [0.1, 0.15) is 64.2 Å². The van der Waals surface area contributed by atoms with Crippen molar-refractivity contribution < 1.29 is 0 Å². The molecule has 0 bridgehead atoms. The van der Waals surface area contributed by atoms with Gasteiger partial charge in [-0.1, -0.05) is 95.0 Å². The van der Waals surface area contributed by atoms with Gasteiger partial charge >= 0.3 is 0 Å². The van der Waals surface area contributed by atoms with Gasteiger partial charge in [-0.2, -0.15) is 0 Å². The molecule has 2 fully saturated rings. The standard InChI is InChI=1S/C27H32NOP/c29-26-24-19-11-10-18-23(24)25(20-12-4-1-5-13-20)27(28-26)30(21-14-6-2-7-15-21)22-16-8-3-9-17-22/h1,4-5,10-13,18-19,21-22H,2-3,6-9,14-17H2,(H,28,29). The quantitative estimate of drug-likeness (QED) is 0.457. The van der Waals surface area contributed by atoms with E-state index in [2.05, 4.69) is 47.4 Å². The summed E-state index contributed by atoms with van der Waals surface area (Å²) in [5.41, 5.74) is 5.46. The molecule has 0 aliphatic heterocycles. The van der Waals surface area contributed by atoms with E-state index in [1.54, 1.807) is 0 Å². The molecular weight excluding hydrogens is 385 g/mol. The predicted molar refractivity (Wildman–Crippen MR) is 130 cm³/mol. The molecule has 2 aliphatic carbocycles. The lowest BCUT2D eigenvalue weighted by Gasteiger charge is -2.39. The Morgan fingerprint density at radius 1 is 0.667 bits per heavy atom. The zero-order valence-corrected chi connectivity index (χ0v) is 18.7. The number of benzene rings is 2. The van der Waals surface area contributed by atoms with E-state index in [4.69, 9.17) is 0 Å². The Hall–Kier alpha value is -1.92. The van der Waals surface area contributed by atoms with E-state index in [0.717, 1.165) is 22.1 Å². The number of hydrogen-bond acceptors (Lipinski definition) is 1. The maximum Gasteiger partial charge on any atom is 0.256 e. The molecule has 0 saturated heterocycles. The first-order valence-electron chi connectivity index (χ1n) is 11.8. The van der Waals surface area contributed by atoms with Crippen LogP contribution in [0.2, 0.25) is 0 Å². The van der Waals surface area contributed by atoms with E-state index < -0.39 is 0 Å². The molecule has 156 valence electrons. The zero-order valence-electron chi connectivity index (χ0n) is 17.8. The van der Waals surface area contributed by atoms with Gasteiger partial charge in [-0.25, -0.2) is 0 Å². The van der Waals surface area contributed by atoms with Gasteiger partial charge in [-0.05, 0) is 54.0 Å². The first-order valence-corrected chi connectivity index (χ1v) is 13.3. The summed E-state index contributed by atoms with van der Waals surface area (Å²) in [6.45, 7) is 0. The third-order valence-corrected chi connectivity index (χ3v) is 10.6. The van der Waals surface area contributed by atoms with Crippen LogP contribution in [0.5, 0.6) is 0 Å². The van der Waals surface area contributed by atoms with Gasteiger partial charge in [-0.3, -0.25) is 4.79 Å². The molecule has 1 heterocycles. The molecule has 0 radical (unpaired) electrons. The molecule has 2 saturated carbocycles. The number of rotatable bonds is 4. The first kappa shape index (κ1) is 20.0. The molecule has 1 N–H and O–H groups in total. The maximum atomic E-state index is 13.2. The van der Waals surface area contributed by atoms with Crippen molar-refractivity contribution in [3.05, 3.63) is 65.0 Å². The van der Waals surface area contributed by atoms with Crippen molar-refractivity contribution in [2.45, 2.75) is 75.5 Å². The lowest BCUT2D eigenvalue weighted by atomic mass is 9.99.